The average molecular weight is 243 g/mol. The molecule has 0 spiro atoms. The lowest BCUT2D eigenvalue weighted by Gasteiger charge is -2.16. The summed E-state index contributed by atoms with van der Waals surface area (Å²) in [6.45, 7) is 0. The van der Waals surface area contributed by atoms with Gasteiger partial charge in [0.15, 0.2) is 9.84 Å². The van der Waals surface area contributed by atoms with Gasteiger partial charge in [0.1, 0.15) is 5.75 Å². The molecule has 2 atom stereocenters. The highest BCUT2D eigenvalue weighted by Gasteiger charge is 2.36. The van der Waals surface area contributed by atoms with Crippen LogP contribution in [0.15, 0.2) is 24.3 Å². The molecule has 1 aliphatic rings. The Morgan fingerprint density at radius 1 is 1.19 bits per heavy atom. The molecule has 1 fully saturated rings. The summed E-state index contributed by atoms with van der Waals surface area (Å²) >= 11 is 0. The lowest BCUT2D eigenvalue weighted by atomic mass is 10.2. The molecule has 1 aromatic carbocycles. The zero-order valence-electron chi connectivity index (χ0n) is 8.50. The van der Waals surface area contributed by atoms with Crippen LogP contribution < -0.4 is 5.32 Å². The highest BCUT2D eigenvalue weighted by molar-refractivity contribution is 7.91. The van der Waals surface area contributed by atoms with Crippen LogP contribution in [0.2, 0.25) is 0 Å². The third kappa shape index (κ3) is 2.45. The third-order valence-corrected chi connectivity index (χ3v) is 4.26. The van der Waals surface area contributed by atoms with Gasteiger partial charge in [0.25, 0.3) is 0 Å². The molecule has 0 aliphatic carbocycles. The molecule has 3 N–H and O–H groups in total. The van der Waals surface area contributed by atoms with Gasteiger partial charge in [0.05, 0.1) is 23.7 Å². The van der Waals surface area contributed by atoms with Crippen molar-refractivity contribution in [1.29, 1.82) is 0 Å². The Hall–Kier alpha value is -1.27. The standard InChI is InChI=1S/C10H13NO4S/c12-8-3-1-7(2-4-8)11-9-5-16(14,15)6-10(9)13/h1-4,9-13H,5-6H2/t9-,10-/m1/s1. The lowest BCUT2D eigenvalue weighted by molar-refractivity contribution is 0.190. The van der Waals surface area contributed by atoms with Gasteiger partial charge in [-0.05, 0) is 24.3 Å². The van der Waals surface area contributed by atoms with Gasteiger partial charge in [-0.25, -0.2) is 8.42 Å². The summed E-state index contributed by atoms with van der Waals surface area (Å²) in [5.74, 6) is -0.109. The number of anilines is 1. The Kier molecular flexibility index (Phi) is 2.77. The maximum Gasteiger partial charge on any atom is 0.155 e. The number of sulfone groups is 1. The second kappa shape index (κ2) is 3.95. The summed E-state index contributed by atoms with van der Waals surface area (Å²) < 4.78 is 22.5. The fourth-order valence-corrected chi connectivity index (χ4v) is 3.48. The van der Waals surface area contributed by atoms with E-state index in [9.17, 15) is 13.5 Å². The van der Waals surface area contributed by atoms with E-state index in [2.05, 4.69) is 5.32 Å². The normalized spacial score (nSPS) is 27.8. The van der Waals surface area contributed by atoms with Crippen LogP contribution in [0.25, 0.3) is 0 Å². The molecule has 16 heavy (non-hydrogen) atoms. The molecule has 1 heterocycles. The average Bonchev–Trinajstić information content (AvgIpc) is 2.44. The predicted octanol–water partition coefficient (Wildman–Crippen LogP) is -0.0380. The number of aliphatic hydroxyl groups excluding tert-OH is 1. The third-order valence-electron chi connectivity index (χ3n) is 2.54. The van der Waals surface area contributed by atoms with E-state index in [1.807, 2.05) is 0 Å². The van der Waals surface area contributed by atoms with E-state index in [0.717, 1.165) is 0 Å². The van der Waals surface area contributed by atoms with Crippen molar-refractivity contribution in [3.8, 4) is 5.75 Å². The van der Waals surface area contributed by atoms with Crippen molar-refractivity contribution in [2.75, 3.05) is 16.8 Å². The molecule has 88 valence electrons. The Morgan fingerprint density at radius 3 is 2.31 bits per heavy atom. The van der Waals surface area contributed by atoms with E-state index >= 15 is 0 Å². The molecule has 1 aromatic rings. The molecule has 1 saturated heterocycles. The van der Waals surface area contributed by atoms with Gasteiger partial charge in [-0.3, -0.25) is 0 Å². The summed E-state index contributed by atoms with van der Waals surface area (Å²) in [5.41, 5.74) is 0.680. The minimum Gasteiger partial charge on any atom is -0.508 e. The number of rotatable bonds is 2. The first kappa shape index (κ1) is 11.2. The van der Waals surface area contributed by atoms with Gasteiger partial charge in [-0.2, -0.15) is 0 Å². The first-order valence-corrected chi connectivity index (χ1v) is 6.72. The van der Waals surface area contributed by atoms with Crippen molar-refractivity contribution in [1.82, 2.24) is 0 Å². The largest absolute Gasteiger partial charge is 0.508 e. The van der Waals surface area contributed by atoms with Crippen molar-refractivity contribution >= 4 is 15.5 Å². The maximum atomic E-state index is 11.3. The first-order valence-electron chi connectivity index (χ1n) is 4.90. The second-order valence-corrected chi connectivity index (χ2v) is 6.10. The number of hydrogen-bond donors (Lipinski definition) is 3. The van der Waals surface area contributed by atoms with Crippen molar-refractivity contribution in [2.24, 2.45) is 0 Å². The molecular formula is C10H13NO4S. The second-order valence-electron chi connectivity index (χ2n) is 3.94. The quantitative estimate of drug-likeness (QED) is 0.635. The summed E-state index contributed by atoms with van der Waals surface area (Å²) in [7, 11) is -3.13. The SMILES string of the molecule is O=S1(=O)C[C@@H](O)[C@H](Nc2ccc(O)cc2)C1. The van der Waals surface area contributed by atoms with Crippen LogP contribution >= 0.6 is 0 Å². The van der Waals surface area contributed by atoms with E-state index in [0.29, 0.717) is 5.69 Å². The molecule has 0 amide bonds. The topological polar surface area (TPSA) is 86.6 Å². The number of hydrogen-bond acceptors (Lipinski definition) is 5. The number of nitrogens with one attached hydrogen (secondary N) is 1. The zero-order valence-corrected chi connectivity index (χ0v) is 9.31. The highest BCUT2D eigenvalue weighted by atomic mass is 32.2. The smallest absolute Gasteiger partial charge is 0.155 e. The van der Waals surface area contributed by atoms with Gasteiger partial charge in [0, 0.05) is 5.69 Å². The lowest BCUT2D eigenvalue weighted by Crippen LogP contribution is -2.31. The van der Waals surface area contributed by atoms with E-state index < -0.39 is 22.0 Å². The van der Waals surface area contributed by atoms with Crippen molar-refractivity contribution in [3.05, 3.63) is 24.3 Å². The Balaban J connectivity index is 2.08. The van der Waals surface area contributed by atoms with Gasteiger partial charge < -0.3 is 15.5 Å². The zero-order chi connectivity index (χ0) is 11.8. The predicted molar refractivity (Wildman–Crippen MR) is 60.2 cm³/mol. The molecule has 0 saturated carbocycles. The Labute approximate surface area is 93.6 Å². The van der Waals surface area contributed by atoms with Crippen LogP contribution in [0.5, 0.6) is 5.75 Å². The van der Waals surface area contributed by atoms with Crippen molar-refractivity contribution in [3.63, 3.8) is 0 Å². The summed E-state index contributed by atoms with van der Waals surface area (Å²) in [5, 5.41) is 21.6. The van der Waals surface area contributed by atoms with Gasteiger partial charge in [-0.15, -0.1) is 0 Å². The molecule has 0 bridgehead atoms. The maximum absolute atomic E-state index is 11.3. The van der Waals surface area contributed by atoms with E-state index in [4.69, 9.17) is 5.11 Å². The van der Waals surface area contributed by atoms with Crippen LogP contribution in [0.1, 0.15) is 0 Å². The molecule has 0 unspecified atom stereocenters. The number of benzene rings is 1. The number of phenolic OH excluding ortho intramolecular Hbond substituents is 1. The fraction of sp³-hybridized carbons (Fsp3) is 0.400. The highest BCUT2D eigenvalue weighted by Crippen LogP contribution is 2.19. The Bertz CT molecular complexity index is 468. The minimum atomic E-state index is -3.13. The fourth-order valence-electron chi connectivity index (χ4n) is 1.74. The molecule has 1 aliphatic heterocycles. The molecule has 0 aromatic heterocycles. The van der Waals surface area contributed by atoms with Crippen LogP contribution in [0.4, 0.5) is 5.69 Å². The molecule has 0 radical (unpaired) electrons. The van der Waals surface area contributed by atoms with Gasteiger partial charge in [-0.1, -0.05) is 0 Å². The van der Waals surface area contributed by atoms with Crippen LogP contribution in [0, 0.1) is 0 Å². The van der Waals surface area contributed by atoms with Gasteiger partial charge >= 0.3 is 0 Å². The van der Waals surface area contributed by atoms with Crippen LogP contribution in [-0.4, -0.2) is 42.3 Å². The molecule has 6 heteroatoms. The number of aliphatic hydroxyl groups is 1. The van der Waals surface area contributed by atoms with Crippen molar-refractivity contribution in [2.45, 2.75) is 12.1 Å². The van der Waals surface area contributed by atoms with Crippen LogP contribution in [0.3, 0.4) is 0 Å². The Morgan fingerprint density at radius 2 is 1.81 bits per heavy atom. The molecule has 5 nitrogen and oxygen atoms in total. The summed E-state index contributed by atoms with van der Waals surface area (Å²) in [6.07, 6.45) is -0.876. The number of aromatic hydroxyl groups is 1. The first-order chi connectivity index (χ1) is 7.46. The van der Waals surface area contributed by atoms with E-state index in [1.54, 1.807) is 12.1 Å². The van der Waals surface area contributed by atoms with E-state index in [-0.39, 0.29) is 17.3 Å². The summed E-state index contributed by atoms with van der Waals surface area (Å²) in [6, 6.07) is 5.78. The minimum absolute atomic E-state index is 0.0605. The molecule has 2 rings (SSSR count). The number of phenols is 1. The monoisotopic (exact) mass is 243 g/mol. The van der Waals surface area contributed by atoms with Gasteiger partial charge in [0.2, 0.25) is 0 Å². The molecular weight excluding hydrogens is 230 g/mol. The van der Waals surface area contributed by atoms with E-state index in [1.165, 1.54) is 12.1 Å². The van der Waals surface area contributed by atoms with Crippen molar-refractivity contribution < 1.29 is 18.6 Å². The summed E-state index contributed by atoms with van der Waals surface area (Å²) in [4.78, 5) is 0. The van der Waals surface area contributed by atoms with Crippen LogP contribution in [-0.2, 0) is 9.84 Å².